The molecule has 0 saturated heterocycles. The van der Waals surface area contributed by atoms with Crippen LogP contribution < -0.4 is 19.6 Å². The van der Waals surface area contributed by atoms with E-state index in [1.165, 1.54) is 48.5 Å². The summed E-state index contributed by atoms with van der Waals surface area (Å²) >= 11 is 0. The Balaban J connectivity index is 0.766. The first-order chi connectivity index (χ1) is 44.5. The van der Waals surface area contributed by atoms with Gasteiger partial charge in [0, 0.05) is 72.5 Å². The van der Waals surface area contributed by atoms with Crippen LogP contribution in [0.15, 0.2) is 303 Å². The molecule has 16 aromatic rings. The van der Waals surface area contributed by atoms with E-state index in [1.54, 1.807) is 0 Å². The molecule has 16 aromatic carbocycles. The van der Waals surface area contributed by atoms with E-state index in [1.807, 2.05) is 84.9 Å². The molecule has 4 nitrogen and oxygen atoms in total. The number of halogens is 4. The number of anilines is 12. The monoisotopic (exact) mass is 1180 g/mol. The maximum absolute atomic E-state index is 14.9. The first-order valence-electron chi connectivity index (χ1n) is 30.5. The molecule has 0 saturated carbocycles. The minimum absolute atomic E-state index is 0.297. The van der Waals surface area contributed by atoms with E-state index in [0.29, 0.717) is 0 Å². The molecule has 0 aliphatic heterocycles. The fourth-order valence-electron chi connectivity index (χ4n) is 13.8. The quantitative estimate of drug-likeness (QED) is 0.0795. The van der Waals surface area contributed by atoms with E-state index in [9.17, 15) is 17.6 Å². The van der Waals surface area contributed by atoms with Gasteiger partial charge >= 0.3 is 0 Å². The number of nitrogens with zero attached hydrogens (tertiary/aromatic N) is 4. The molecule has 0 amide bonds. The van der Waals surface area contributed by atoms with Crippen molar-refractivity contribution >= 4 is 133 Å². The van der Waals surface area contributed by atoms with Crippen LogP contribution in [-0.4, -0.2) is 0 Å². The Morgan fingerprint density at radius 1 is 0.209 bits per heavy atom. The second-order valence-electron chi connectivity index (χ2n) is 23.8. The lowest BCUT2D eigenvalue weighted by Crippen LogP contribution is -2.19. The Morgan fingerprint density at radius 3 is 0.637 bits per heavy atom. The van der Waals surface area contributed by atoms with Gasteiger partial charge in [-0.2, -0.15) is 0 Å². The third-order valence-corrected chi connectivity index (χ3v) is 18.3. The normalized spacial score (nSPS) is 11.8. The zero-order valence-electron chi connectivity index (χ0n) is 49.7. The van der Waals surface area contributed by atoms with Gasteiger partial charge in [-0.25, -0.2) is 17.6 Å². The molecular weight excluding hydrogens is 1130 g/mol. The molecule has 436 valence electrons. The lowest BCUT2D eigenvalue weighted by atomic mass is 9.78. The molecule has 0 heterocycles. The van der Waals surface area contributed by atoms with E-state index in [4.69, 9.17) is 0 Å². The molecule has 0 fully saturated rings. The van der Waals surface area contributed by atoms with E-state index in [0.717, 1.165) is 144 Å². The number of hydrogen-bond donors (Lipinski definition) is 0. The van der Waals surface area contributed by atoms with Gasteiger partial charge in [0.15, 0.2) is 0 Å². The zero-order chi connectivity index (χ0) is 61.5. The van der Waals surface area contributed by atoms with Gasteiger partial charge in [-0.3, -0.25) is 0 Å². The number of rotatable bonds is 14. The van der Waals surface area contributed by atoms with Crippen molar-refractivity contribution in [3.63, 3.8) is 0 Å². The highest BCUT2D eigenvalue weighted by atomic mass is 19.1. The van der Waals surface area contributed by atoms with Gasteiger partial charge in [0.25, 0.3) is 0 Å². The van der Waals surface area contributed by atoms with Gasteiger partial charge in [0.1, 0.15) is 23.3 Å². The predicted octanol–water partition coefficient (Wildman–Crippen LogP) is 24.2. The molecule has 0 aromatic heterocycles. The molecule has 0 aliphatic carbocycles. The van der Waals surface area contributed by atoms with Crippen molar-refractivity contribution in [1.29, 1.82) is 0 Å². The largest absolute Gasteiger partial charge is 0.310 e. The van der Waals surface area contributed by atoms with E-state index >= 15 is 0 Å². The van der Waals surface area contributed by atoms with Crippen molar-refractivity contribution in [2.45, 2.75) is 19.3 Å². The molecule has 0 radical (unpaired) electrons. The highest BCUT2D eigenvalue weighted by molar-refractivity contribution is 6.29. The summed E-state index contributed by atoms with van der Waals surface area (Å²) in [6.45, 7) is 4.47. The third-order valence-electron chi connectivity index (χ3n) is 18.3. The van der Waals surface area contributed by atoms with Crippen molar-refractivity contribution < 1.29 is 17.6 Å². The molecule has 0 atom stereocenters. The number of hydrogen-bond acceptors (Lipinski definition) is 4. The highest BCUT2D eigenvalue weighted by Crippen LogP contribution is 2.51. The van der Waals surface area contributed by atoms with Crippen LogP contribution in [0.1, 0.15) is 25.0 Å². The van der Waals surface area contributed by atoms with Gasteiger partial charge in [0.2, 0.25) is 0 Å². The van der Waals surface area contributed by atoms with Crippen LogP contribution >= 0.6 is 0 Å². The van der Waals surface area contributed by atoms with Crippen molar-refractivity contribution in [2.75, 3.05) is 19.6 Å². The van der Waals surface area contributed by atoms with Crippen LogP contribution in [0.5, 0.6) is 0 Å². The molecule has 0 spiro atoms. The Hall–Kier alpha value is -11.5. The van der Waals surface area contributed by atoms with E-state index in [-0.39, 0.29) is 23.3 Å². The lowest BCUT2D eigenvalue weighted by Gasteiger charge is -2.31. The summed E-state index contributed by atoms with van der Waals surface area (Å²) in [7, 11) is 0. The first kappa shape index (κ1) is 54.9. The molecule has 16 rings (SSSR count). The molecule has 8 heteroatoms. The zero-order valence-corrected chi connectivity index (χ0v) is 49.7. The average molecular weight is 1190 g/mol. The van der Waals surface area contributed by atoms with Crippen LogP contribution in [0.4, 0.5) is 85.8 Å². The van der Waals surface area contributed by atoms with Gasteiger partial charge < -0.3 is 19.6 Å². The Morgan fingerprint density at radius 2 is 0.407 bits per heavy atom. The lowest BCUT2D eigenvalue weighted by molar-refractivity contribution is 0.627. The van der Waals surface area contributed by atoms with E-state index in [2.05, 4.69) is 203 Å². The second-order valence-corrected chi connectivity index (χ2v) is 23.8. The van der Waals surface area contributed by atoms with Crippen LogP contribution in [0.2, 0.25) is 0 Å². The molecule has 91 heavy (non-hydrogen) atoms. The SMILES string of the molecule is CC(C)(c1ccc(N(c2ccc(F)cc2)c2ccc3ccc4c(N(c5ccccc5)c5ccc(F)cc5)ccc5ccc2c3c54)cc1)c1ccc(N(c2ccc(F)cc2)c2ccc3ccc4c(N(c5ccccc5)c5ccc(F)cc5)ccc5ccc2c3c54)cc1. The van der Waals surface area contributed by atoms with Crippen LogP contribution in [-0.2, 0) is 5.41 Å². The van der Waals surface area contributed by atoms with Crippen molar-refractivity contribution in [2.24, 2.45) is 0 Å². The Labute approximate surface area is 524 Å². The first-order valence-corrected chi connectivity index (χ1v) is 30.5. The maximum atomic E-state index is 14.9. The fourth-order valence-corrected chi connectivity index (χ4v) is 13.8. The Kier molecular flexibility index (Phi) is 13.3. The highest BCUT2D eigenvalue weighted by Gasteiger charge is 2.28. The fraction of sp³-hybridized carbons (Fsp3) is 0.0361. The summed E-state index contributed by atoms with van der Waals surface area (Å²) in [6, 6.07) is 99.1. The van der Waals surface area contributed by atoms with Gasteiger partial charge in [0.05, 0.1) is 22.7 Å². The number of benzene rings is 16. The molecule has 0 aliphatic rings. The minimum atomic E-state index is -0.461. The van der Waals surface area contributed by atoms with Crippen LogP contribution in [0.25, 0.3) is 64.6 Å². The predicted molar refractivity (Wildman–Crippen MR) is 371 cm³/mol. The third kappa shape index (κ3) is 9.45. The maximum Gasteiger partial charge on any atom is 0.123 e. The average Bonchev–Trinajstić information content (AvgIpc) is 0.754. The van der Waals surface area contributed by atoms with Crippen molar-refractivity contribution in [3.8, 4) is 0 Å². The van der Waals surface area contributed by atoms with Gasteiger partial charge in [-0.05, 0) is 224 Å². The summed E-state index contributed by atoms with van der Waals surface area (Å²) in [5.41, 5.74) is 12.6. The summed E-state index contributed by atoms with van der Waals surface area (Å²) in [5, 5.41) is 13.0. The van der Waals surface area contributed by atoms with Crippen LogP contribution in [0, 0.1) is 23.3 Å². The number of para-hydroxylation sites is 2. The standard InChI is InChI=1S/C83H56F4N4/c1-83(2,57-21-33-65(34-22-57)90(69-41-29-61(86)30-42-69)77-51-19-55-13-45-71-75(49-17-53-15-47-73(77)81(55)79(53)71)88(63-9-5-3-6-10-63)67-37-25-59(84)26-38-67)58-23-35-66(36-24-58)91(70-43-31-62(87)32-44-70)78-52-20-56-14-46-72-76(50-18-54-16-48-74(78)82(56)80(54)72)89(64-11-7-4-8-12-64)68-39-27-60(85)28-40-68/h3-52H,1-2H3. The Bertz CT molecular complexity index is 5000. The minimum Gasteiger partial charge on any atom is -0.310 e. The van der Waals surface area contributed by atoms with Crippen molar-refractivity contribution in [3.05, 3.63) is 338 Å². The molecule has 0 N–H and O–H groups in total. The molecule has 0 bridgehead atoms. The summed E-state index contributed by atoms with van der Waals surface area (Å²) in [5.74, 6) is -1.23. The van der Waals surface area contributed by atoms with Gasteiger partial charge in [-0.15, -0.1) is 0 Å². The van der Waals surface area contributed by atoms with Gasteiger partial charge in [-0.1, -0.05) is 147 Å². The topological polar surface area (TPSA) is 13.0 Å². The van der Waals surface area contributed by atoms with Crippen molar-refractivity contribution in [1.82, 2.24) is 0 Å². The second kappa shape index (κ2) is 22.0. The summed E-state index contributed by atoms with van der Waals surface area (Å²) < 4.78 is 58.6. The van der Waals surface area contributed by atoms with E-state index < -0.39 is 5.41 Å². The molecular formula is C83H56F4N4. The van der Waals surface area contributed by atoms with Crippen LogP contribution in [0.3, 0.4) is 0 Å². The molecule has 0 unspecified atom stereocenters. The summed E-state index contributed by atoms with van der Waals surface area (Å²) in [6.07, 6.45) is 0. The smallest absolute Gasteiger partial charge is 0.123 e. The summed E-state index contributed by atoms with van der Waals surface area (Å²) in [4.78, 5) is 8.78.